The molecule has 174 valence electrons. The van der Waals surface area contributed by atoms with E-state index in [9.17, 15) is 14.4 Å². The van der Waals surface area contributed by atoms with E-state index >= 15 is 0 Å². The number of alkyl carbamates (subject to hydrolysis) is 1. The Bertz CT molecular complexity index is 951. The topological polar surface area (TPSA) is 128 Å². The number of nitrogens with one attached hydrogen (secondary N) is 1. The zero-order valence-corrected chi connectivity index (χ0v) is 18.8. The van der Waals surface area contributed by atoms with Crippen LogP contribution >= 0.6 is 0 Å². The van der Waals surface area contributed by atoms with Crippen molar-refractivity contribution >= 4 is 28.7 Å². The van der Waals surface area contributed by atoms with Gasteiger partial charge >= 0.3 is 12.1 Å². The number of carbonyl (C=O) groups is 3. The monoisotopic (exact) mass is 444 g/mol. The molecular formula is C24H32N2O6. The molecular weight excluding hydrogens is 412 g/mol. The lowest BCUT2D eigenvalue weighted by molar-refractivity contribution is -0.137. The van der Waals surface area contributed by atoms with Gasteiger partial charge in [0.05, 0.1) is 19.3 Å². The lowest BCUT2D eigenvalue weighted by Gasteiger charge is -2.23. The molecule has 32 heavy (non-hydrogen) atoms. The number of hydrogen-bond donors (Lipinski definition) is 3. The van der Waals surface area contributed by atoms with Gasteiger partial charge in [-0.05, 0) is 61.6 Å². The van der Waals surface area contributed by atoms with Gasteiger partial charge in [-0.2, -0.15) is 0 Å². The van der Waals surface area contributed by atoms with Gasteiger partial charge in [-0.1, -0.05) is 30.3 Å². The molecule has 2 aromatic carbocycles. The molecule has 2 aromatic rings. The van der Waals surface area contributed by atoms with E-state index in [0.717, 1.165) is 21.9 Å². The average Bonchev–Trinajstić information content (AvgIpc) is 2.68. The second-order valence-electron chi connectivity index (χ2n) is 8.73. The van der Waals surface area contributed by atoms with E-state index in [2.05, 4.69) is 5.32 Å². The zero-order chi connectivity index (χ0) is 23.7. The quantitative estimate of drug-likeness (QED) is 0.486. The van der Waals surface area contributed by atoms with Crippen molar-refractivity contribution in [3.63, 3.8) is 0 Å². The number of carbonyl (C=O) groups excluding carboxylic acids is 2. The highest BCUT2D eigenvalue weighted by Gasteiger charge is 2.20. The van der Waals surface area contributed by atoms with Crippen LogP contribution in [0.25, 0.3) is 10.8 Å². The molecule has 0 saturated heterocycles. The summed E-state index contributed by atoms with van der Waals surface area (Å²) < 4.78 is 11.1. The first-order valence-corrected chi connectivity index (χ1v) is 10.6. The molecule has 0 aliphatic heterocycles. The molecule has 0 radical (unpaired) electrons. The molecule has 0 spiro atoms. The van der Waals surface area contributed by atoms with Gasteiger partial charge < -0.3 is 25.6 Å². The fourth-order valence-corrected chi connectivity index (χ4v) is 3.26. The van der Waals surface area contributed by atoms with Gasteiger partial charge in [0.15, 0.2) is 0 Å². The van der Waals surface area contributed by atoms with Crippen LogP contribution in [0.15, 0.2) is 36.4 Å². The van der Waals surface area contributed by atoms with Crippen molar-refractivity contribution in [2.45, 2.75) is 64.7 Å². The van der Waals surface area contributed by atoms with E-state index in [1.54, 1.807) is 20.8 Å². The summed E-state index contributed by atoms with van der Waals surface area (Å²) in [6.45, 7) is 5.83. The van der Waals surface area contributed by atoms with E-state index in [4.69, 9.17) is 20.3 Å². The van der Waals surface area contributed by atoms with Crippen LogP contribution in [0.4, 0.5) is 4.79 Å². The summed E-state index contributed by atoms with van der Waals surface area (Å²) in [5.74, 6) is -1.27. The first kappa shape index (κ1) is 25.1. The molecule has 0 aromatic heterocycles. The summed E-state index contributed by atoms with van der Waals surface area (Å²) in [5, 5.41) is 13.7. The number of carboxylic acid groups (broad SMARTS) is 1. The van der Waals surface area contributed by atoms with Crippen LogP contribution in [0.3, 0.4) is 0 Å². The molecule has 0 aliphatic rings. The lowest BCUT2D eigenvalue weighted by Crippen LogP contribution is -2.42. The van der Waals surface area contributed by atoms with E-state index < -0.39 is 29.6 Å². The summed E-state index contributed by atoms with van der Waals surface area (Å²) in [6.07, 6.45) is 0.454. The van der Waals surface area contributed by atoms with Gasteiger partial charge in [-0.15, -0.1) is 0 Å². The van der Waals surface area contributed by atoms with Crippen LogP contribution in [-0.4, -0.2) is 41.3 Å². The minimum Gasteiger partial charge on any atom is -0.481 e. The largest absolute Gasteiger partial charge is 0.481 e. The average molecular weight is 445 g/mol. The molecule has 0 aliphatic carbocycles. The van der Waals surface area contributed by atoms with Gasteiger partial charge in [0, 0.05) is 12.8 Å². The van der Waals surface area contributed by atoms with Crippen LogP contribution in [0.5, 0.6) is 0 Å². The van der Waals surface area contributed by atoms with Gasteiger partial charge in [0.1, 0.15) is 5.60 Å². The molecule has 8 heteroatoms. The highest BCUT2D eigenvalue weighted by atomic mass is 16.6. The van der Waals surface area contributed by atoms with Crippen molar-refractivity contribution in [2.75, 3.05) is 6.61 Å². The van der Waals surface area contributed by atoms with Crippen molar-refractivity contribution in [3.05, 3.63) is 47.5 Å². The van der Waals surface area contributed by atoms with Crippen LogP contribution in [0.2, 0.25) is 0 Å². The predicted octanol–water partition coefficient (Wildman–Crippen LogP) is 3.53. The van der Waals surface area contributed by atoms with Crippen LogP contribution in [-0.2, 0) is 32.1 Å². The molecule has 1 unspecified atom stereocenters. The number of ether oxygens (including phenoxy) is 2. The molecule has 2 rings (SSSR count). The van der Waals surface area contributed by atoms with Crippen molar-refractivity contribution in [2.24, 2.45) is 5.73 Å². The number of nitrogens with two attached hydrogens (primary N) is 1. The van der Waals surface area contributed by atoms with Gasteiger partial charge in [0.25, 0.3) is 0 Å². The van der Waals surface area contributed by atoms with Crippen LogP contribution in [0.1, 0.15) is 51.2 Å². The Morgan fingerprint density at radius 3 is 2.53 bits per heavy atom. The third-order valence-electron chi connectivity index (χ3n) is 4.69. The van der Waals surface area contributed by atoms with Crippen molar-refractivity contribution in [1.82, 2.24) is 5.32 Å². The van der Waals surface area contributed by atoms with E-state index in [1.807, 2.05) is 36.4 Å². The fourth-order valence-electron chi connectivity index (χ4n) is 3.26. The Balaban J connectivity index is 1.98. The highest BCUT2D eigenvalue weighted by molar-refractivity contribution is 5.86. The Morgan fingerprint density at radius 1 is 1.12 bits per heavy atom. The van der Waals surface area contributed by atoms with Crippen molar-refractivity contribution in [3.8, 4) is 0 Å². The predicted molar refractivity (Wildman–Crippen MR) is 121 cm³/mol. The first-order valence-electron chi connectivity index (χ1n) is 10.6. The SMILES string of the molecule is CC(C)(C)OC(=O)NC(CCC(N)=O)COCc1ccc2c(CCC(=O)O)cccc2c1. The maximum Gasteiger partial charge on any atom is 0.407 e. The smallest absolute Gasteiger partial charge is 0.407 e. The molecule has 8 nitrogen and oxygen atoms in total. The minimum absolute atomic E-state index is 0.0846. The zero-order valence-electron chi connectivity index (χ0n) is 18.8. The Morgan fingerprint density at radius 2 is 1.88 bits per heavy atom. The molecule has 1 atom stereocenters. The van der Waals surface area contributed by atoms with Gasteiger partial charge in [-0.25, -0.2) is 4.79 Å². The molecule has 0 saturated carbocycles. The third-order valence-corrected chi connectivity index (χ3v) is 4.69. The number of amides is 2. The standard InChI is InChI=1S/C24H32N2O6/c1-24(2,3)32-23(30)26-19(9-11-21(25)27)15-31-14-16-7-10-20-17(8-12-22(28)29)5-4-6-18(20)13-16/h4-7,10,13,19H,8-9,11-12,14-15H2,1-3H3,(H2,25,27)(H,26,30)(H,28,29). The molecule has 2 amide bonds. The summed E-state index contributed by atoms with van der Waals surface area (Å²) in [7, 11) is 0. The number of aryl methyl sites for hydroxylation is 1. The molecule has 0 bridgehead atoms. The lowest BCUT2D eigenvalue weighted by atomic mass is 9.99. The van der Waals surface area contributed by atoms with Crippen molar-refractivity contribution in [1.29, 1.82) is 0 Å². The maximum absolute atomic E-state index is 12.1. The Hall–Kier alpha value is -3.13. The number of aliphatic carboxylic acids is 1. The van der Waals surface area contributed by atoms with E-state index in [0.29, 0.717) is 19.4 Å². The second kappa shape index (κ2) is 11.5. The summed E-state index contributed by atoms with van der Waals surface area (Å²) in [5.41, 5.74) is 6.54. The summed E-state index contributed by atoms with van der Waals surface area (Å²) in [6, 6.07) is 11.3. The number of primary amides is 1. The number of hydrogen-bond acceptors (Lipinski definition) is 5. The van der Waals surface area contributed by atoms with Gasteiger partial charge in [0.2, 0.25) is 5.91 Å². The summed E-state index contributed by atoms with van der Waals surface area (Å²) >= 11 is 0. The number of benzene rings is 2. The maximum atomic E-state index is 12.1. The normalized spacial score (nSPS) is 12.3. The van der Waals surface area contributed by atoms with Crippen molar-refractivity contribution < 1.29 is 29.0 Å². The van der Waals surface area contributed by atoms with Gasteiger partial charge in [-0.3, -0.25) is 9.59 Å². The second-order valence-corrected chi connectivity index (χ2v) is 8.73. The Labute approximate surface area is 188 Å². The first-order chi connectivity index (χ1) is 15.0. The number of rotatable bonds is 11. The number of fused-ring (bicyclic) bond motifs is 1. The molecule has 0 heterocycles. The number of carboxylic acids is 1. The van der Waals surface area contributed by atoms with Crippen LogP contribution in [0, 0.1) is 0 Å². The minimum atomic E-state index is -0.821. The van der Waals surface area contributed by atoms with E-state index in [1.165, 1.54) is 0 Å². The fraction of sp³-hybridized carbons (Fsp3) is 0.458. The third kappa shape index (κ3) is 8.93. The molecule has 0 fully saturated rings. The molecule has 4 N–H and O–H groups in total. The van der Waals surface area contributed by atoms with E-state index in [-0.39, 0.29) is 19.4 Å². The van der Waals surface area contributed by atoms with Crippen LogP contribution < -0.4 is 11.1 Å². The Kier molecular flexibility index (Phi) is 9.02. The summed E-state index contributed by atoms with van der Waals surface area (Å²) in [4.78, 5) is 34.1. The highest BCUT2D eigenvalue weighted by Crippen LogP contribution is 2.22.